The molecule has 0 aromatic carbocycles. The van der Waals surface area contributed by atoms with Gasteiger partial charge < -0.3 is 5.32 Å². The van der Waals surface area contributed by atoms with Gasteiger partial charge in [-0.3, -0.25) is 4.98 Å². The van der Waals surface area contributed by atoms with Crippen molar-refractivity contribution in [2.24, 2.45) is 0 Å². The van der Waals surface area contributed by atoms with Crippen molar-refractivity contribution in [1.29, 1.82) is 0 Å². The molecular formula is C11H16N2. The molecule has 1 aromatic heterocycles. The molecule has 2 nitrogen and oxygen atoms in total. The van der Waals surface area contributed by atoms with Crippen molar-refractivity contribution in [1.82, 2.24) is 10.3 Å². The first-order valence-electron chi connectivity index (χ1n) is 5.10. The van der Waals surface area contributed by atoms with Crippen molar-refractivity contribution in [3.8, 4) is 0 Å². The molecule has 1 aromatic rings. The smallest absolute Gasteiger partial charge is 0.0321 e. The molecular weight excluding hydrogens is 160 g/mol. The van der Waals surface area contributed by atoms with E-state index in [1.807, 2.05) is 12.4 Å². The molecule has 13 heavy (non-hydrogen) atoms. The average Bonchev–Trinajstić information content (AvgIpc) is 2.47. The molecule has 1 fully saturated rings. The first-order valence-corrected chi connectivity index (χ1v) is 5.10. The Bertz CT molecular complexity index is 238. The minimum Gasteiger partial charge on any atom is -0.310 e. The van der Waals surface area contributed by atoms with Gasteiger partial charge in [0.25, 0.3) is 0 Å². The Morgan fingerprint density at radius 2 is 2.00 bits per heavy atom. The maximum Gasteiger partial charge on any atom is 0.0321 e. The van der Waals surface area contributed by atoms with E-state index in [0.717, 1.165) is 6.54 Å². The van der Waals surface area contributed by atoms with Gasteiger partial charge in [0.1, 0.15) is 0 Å². The van der Waals surface area contributed by atoms with Crippen LogP contribution in [0, 0.1) is 0 Å². The molecule has 0 spiro atoms. The summed E-state index contributed by atoms with van der Waals surface area (Å²) in [6, 6.07) is 4.79. The lowest BCUT2D eigenvalue weighted by atomic mass is 10.0. The highest BCUT2D eigenvalue weighted by Gasteiger charge is 2.12. The van der Waals surface area contributed by atoms with E-state index < -0.39 is 0 Å². The third-order valence-corrected chi connectivity index (χ3v) is 2.67. The van der Waals surface area contributed by atoms with Gasteiger partial charge >= 0.3 is 0 Å². The molecule has 2 heteroatoms. The molecule has 1 saturated heterocycles. The van der Waals surface area contributed by atoms with Gasteiger partial charge in [0.05, 0.1) is 0 Å². The maximum atomic E-state index is 4.04. The summed E-state index contributed by atoms with van der Waals surface area (Å²) in [5, 5.41) is 3.57. The molecule has 0 unspecified atom stereocenters. The van der Waals surface area contributed by atoms with Gasteiger partial charge in [0.15, 0.2) is 0 Å². The van der Waals surface area contributed by atoms with Crippen molar-refractivity contribution < 1.29 is 0 Å². The minimum absolute atomic E-state index is 0.561. The summed E-state index contributed by atoms with van der Waals surface area (Å²) in [5.41, 5.74) is 1.39. The van der Waals surface area contributed by atoms with Gasteiger partial charge in [-0.05, 0) is 37.1 Å². The zero-order valence-electron chi connectivity index (χ0n) is 7.87. The van der Waals surface area contributed by atoms with Gasteiger partial charge in [-0.15, -0.1) is 0 Å². The summed E-state index contributed by atoms with van der Waals surface area (Å²) in [7, 11) is 0. The number of pyridine rings is 1. The first-order chi connectivity index (χ1) is 6.47. The second-order valence-electron chi connectivity index (χ2n) is 3.64. The fourth-order valence-electron chi connectivity index (χ4n) is 1.91. The highest BCUT2D eigenvalue weighted by atomic mass is 14.9. The van der Waals surface area contributed by atoms with Crippen molar-refractivity contribution in [3.63, 3.8) is 0 Å². The second-order valence-corrected chi connectivity index (χ2v) is 3.64. The molecule has 0 amide bonds. The minimum atomic E-state index is 0.561. The topological polar surface area (TPSA) is 24.9 Å². The zero-order chi connectivity index (χ0) is 8.93. The van der Waals surface area contributed by atoms with Crippen molar-refractivity contribution in [2.75, 3.05) is 6.54 Å². The molecule has 2 rings (SSSR count). The Morgan fingerprint density at radius 1 is 1.15 bits per heavy atom. The van der Waals surface area contributed by atoms with Gasteiger partial charge in [-0.25, -0.2) is 0 Å². The van der Waals surface area contributed by atoms with Crippen LogP contribution in [0.3, 0.4) is 0 Å². The van der Waals surface area contributed by atoms with Crippen molar-refractivity contribution >= 4 is 0 Å². The van der Waals surface area contributed by atoms with Crippen LogP contribution in [0.15, 0.2) is 24.5 Å². The number of hydrogen-bond donors (Lipinski definition) is 1. The third-order valence-electron chi connectivity index (χ3n) is 2.67. The first kappa shape index (κ1) is 8.70. The Kier molecular flexibility index (Phi) is 2.93. The Labute approximate surface area is 79.4 Å². The van der Waals surface area contributed by atoms with Crippen LogP contribution in [0.4, 0.5) is 0 Å². The van der Waals surface area contributed by atoms with E-state index in [4.69, 9.17) is 0 Å². The second kappa shape index (κ2) is 4.38. The molecule has 1 aliphatic rings. The van der Waals surface area contributed by atoms with Crippen LogP contribution >= 0.6 is 0 Å². The monoisotopic (exact) mass is 176 g/mol. The van der Waals surface area contributed by atoms with E-state index in [9.17, 15) is 0 Å². The number of nitrogens with one attached hydrogen (secondary N) is 1. The molecule has 0 radical (unpaired) electrons. The quantitative estimate of drug-likeness (QED) is 0.710. The maximum absolute atomic E-state index is 4.04. The Balaban J connectivity index is 2.06. The number of nitrogens with zero attached hydrogens (tertiary/aromatic N) is 1. The summed E-state index contributed by atoms with van der Waals surface area (Å²) in [5.74, 6) is 0. The van der Waals surface area contributed by atoms with E-state index in [-0.39, 0.29) is 0 Å². The van der Waals surface area contributed by atoms with E-state index in [0.29, 0.717) is 6.04 Å². The van der Waals surface area contributed by atoms with Crippen LogP contribution in [-0.4, -0.2) is 11.5 Å². The lowest BCUT2D eigenvalue weighted by Crippen LogP contribution is -2.20. The van der Waals surface area contributed by atoms with E-state index in [1.165, 1.54) is 31.2 Å². The Morgan fingerprint density at radius 3 is 2.85 bits per heavy atom. The summed E-state index contributed by atoms with van der Waals surface area (Å²) < 4.78 is 0. The third kappa shape index (κ3) is 2.28. The van der Waals surface area contributed by atoms with Gasteiger partial charge in [0, 0.05) is 18.4 Å². The predicted octanol–water partition coefficient (Wildman–Crippen LogP) is 2.29. The molecule has 2 heterocycles. The van der Waals surface area contributed by atoms with E-state index >= 15 is 0 Å². The van der Waals surface area contributed by atoms with Crippen molar-refractivity contribution in [2.45, 2.75) is 31.7 Å². The molecule has 0 saturated carbocycles. The van der Waals surface area contributed by atoms with Gasteiger partial charge in [-0.2, -0.15) is 0 Å². The lowest BCUT2D eigenvalue weighted by molar-refractivity contribution is 0.534. The lowest BCUT2D eigenvalue weighted by Gasteiger charge is -2.15. The average molecular weight is 176 g/mol. The van der Waals surface area contributed by atoms with Crippen LogP contribution < -0.4 is 5.32 Å². The summed E-state index contributed by atoms with van der Waals surface area (Å²) in [4.78, 5) is 4.04. The fourth-order valence-corrected chi connectivity index (χ4v) is 1.91. The molecule has 70 valence electrons. The van der Waals surface area contributed by atoms with Crippen molar-refractivity contribution in [3.05, 3.63) is 30.1 Å². The standard InChI is InChI=1S/C11H16N2/c1-2-4-11(13-7-3-1)10-5-8-12-9-6-10/h5-6,8-9,11,13H,1-4,7H2/t11-/m0/s1. The molecule has 0 aliphatic carbocycles. The summed E-state index contributed by atoms with van der Waals surface area (Å²) >= 11 is 0. The number of aromatic nitrogens is 1. The van der Waals surface area contributed by atoms with Crippen LogP contribution in [0.2, 0.25) is 0 Å². The largest absolute Gasteiger partial charge is 0.310 e. The highest BCUT2D eigenvalue weighted by molar-refractivity contribution is 5.14. The highest BCUT2D eigenvalue weighted by Crippen LogP contribution is 2.21. The number of hydrogen-bond acceptors (Lipinski definition) is 2. The zero-order valence-corrected chi connectivity index (χ0v) is 7.87. The van der Waals surface area contributed by atoms with E-state index in [1.54, 1.807) is 0 Å². The summed E-state index contributed by atoms with van der Waals surface area (Å²) in [6.45, 7) is 1.16. The molecule has 1 N–H and O–H groups in total. The molecule has 1 atom stereocenters. The van der Waals surface area contributed by atoms with E-state index in [2.05, 4.69) is 22.4 Å². The SMILES string of the molecule is c1cc([C@@H]2CCCCCN2)ccn1. The van der Waals surface area contributed by atoms with Crippen LogP contribution in [0.1, 0.15) is 37.3 Å². The van der Waals surface area contributed by atoms with Crippen LogP contribution in [0.5, 0.6) is 0 Å². The molecule has 0 bridgehead atoms. The normalized spacial score (nSPS) is 23.8. The predicted molar refractivity (Wildman–Crippen MR) is 53.4 cm³/mol. The van der Waals surface area contributed by atoms with Gasteiger partial charge in [-0.1, -0.05) is 12.8 Å². The summed E-state index contributed by atoms with van der Waals surface area (Å²) in [6.07, 6.45) is 9.06. The number of rotatable bonds is 1. The molecule has 1 aliphatic heterocycles. The fraction of sp³-hybridized carbons (Fsp3) is 0.545. The Hall–Kier alpha value is -0.890. The van der Waals surface area contributed by atoms with Crippen LogP contribution in [0.25, 0.3) is 0 Å². The van der Waals surface area contributed by atoms with Crippen LogP contribution in [-0.2, 0) is 0 Å². The van der Waals surface area contributed by atoms with Gasteiger partial charge in [0.2, 0.25) is 0 Å².